The highest BCUT2D eigenvalue weighted by atomic mass is 32.2. The molecule has 2 aromatic rings. The molecule has 1 unspecified atom stereocenters. The number of carbonyl (C=O) groups is 2. The lowest BCUT2D eigenvalue weighted by Gasteiger charge is -2.19. The molecule has 0 fully saturated rings. The zero-order valence-electron chi connectivity index (χ0n) is 21.0. The molecule has 2 amide bonds. The Morgan fingerprint density at radius 3 is 2.46 bits per heavy atom. The van der Waals surface area contributed by atoms with Crippen LogP contribution in [0.4, 0.5) is 5.69 Å². The van der Waals surface area contributed by atoms with E-state index in [4.69, 9.17) is 4.43 Å². The number of nitrogens with zero attached hydrogens (tertiary/aromatic N) is 2. The number of benzene rings is 2. The summed E-state index contributed by atoms with van der Waals surface area (Å²) in [4.78, 5) is 36.4. The van der Waals surface area contributed by atoms with Crippen molar-refractivity contribution in [1.82, 2.24) is 10.2 Å². The number of aliphatic hydroxyl groups excluding tert-OH is 1. The fraction of sp³-hybridized carbons (Fsp3) is 0.375. The first-order chi connectivity index (χ1) is 17.4. The summed E-state index contributed by atoms with van der Waals surface area (Å²) < 4.78 is 39.5. The summed E-state index contributed by atoms with van der Waals surface area (Å²) in [6, 6.07) is 12.4. The van der Waals surface area contributed by atoms with Crippen LogP contribution in [0.15, 0.2) is 42.5 Å². The normalized spacial score (nSPS) is 15.9. The maximum absolute atomic E-state index is 12.6. The largest absolute Gasteiger partial charge is 0.409 e. The Morgan fingerprint density at radius 1 is 1.14 bits per heavy atom. The van der Waals surface area contributed by atoms with Gasteiger partial charge in [0.2, 0.25) is 0 Å². The minimum atomic E-state index is -4.30. The summed E-state index contributed by atoms with van der Waals surface area (Å²) in [6.07, 6.45) is -0.0238. The van der Waals surface area contributed by atoms with Crippen LogP contribution in [-0.2, 0) is 14.5 Å². The summed E-state index contributed by atoms with van der Waals surface area (Å²) in [5, 5.41) is 12.7. The SMILES string of the molecule is CO[Si](O)(CO)CCCNC(c1ccc2c(c1)C(=O)N(C)C2=O)=[N+](CCS(=O)(=O)O)c1cccc(C)c1. The Kier molecular flexibility index (Phi) is 8.99. The van der Waals surface area contributed by atoms with Crippen LogP contribution in [0.2, 0.25) is 6.04 Å². The van der Waals surface area contributed by atoms with E-state index in [1.807, 2.05) is 25.1 Å². The van der Waals surface area contributed by atoms with Crippen LogP contribution in [0.25, 0.3) is 0 Å². The van der Waals surface area contributed by atoms with Crippen molar-refractivity contribution >= 4 is 42.0 Å². The number of aryl methyl sites for hydroxylation is 1. The van der Waals surface area contributed by atoms with E-state index in [2.05, 4.69) is 5.32 Å². The molecule has 0 saturated heterocycles. The molecule has 1 heterocycles. The van der Waals surface area contributed by atoms with Gasteiger partial charge in [0.05, 0.1) is 29.5 Å². The van der Waals surface area contributed by atoms with E-state index < -0.39 is 42.5 Å². The Hall–Kier alpha value is -2.94. The Morgan fingerprint density at radius 2 is 1.84 bits per heavy atom. The van der Waals surface area contributed by atoms with Crippen LogP contribution in [0.5, 0.6) is 0 Å². The molecule has 0 spiro atoms. The van der Waals surface area contributed by atoms with Crippen LogP contribution in [0, 0.1) is 6.92 Å². The molecular weight excluding hydrogens is 518 g/mol. The quantitative estimate of drug-likeness (QED) is 0.0604. The maximum atomic E-state index is 12.6. The first-order valence-corrected chi connectivity index (χ1v) is 15.5. The summed E-state index contributed by atoms with van der Waals surface area (Å²) in [5.41, 5.74) is 2.58. The second-order valence-electron chi connectivity index (χ2n) is 8.89. The Balaban J connectivity index is 2.10. The lowest BCUT2D eigenvalue weighted by atomic mass is 10.0. The minimum absolute atomic E-state index is 0.109. The first-order valence-electron chi connectivity index (χ1n) is 11.6. The second-order valence-corrected chi connectivity index (χ2v) is 13.6. The highest BCUT2D eigenvalue weighted by molar-refractivity contribution is 7.85. The molecule has 0 radical (unpaired) electrons. The van der Waals surface area contributed by atoms with E-state index in [0.717, 1.165) is 10.5 Å². The molecule has 0 aromatic heterocycles. The molecule has 0 saturated carbocycles. The first kappa shape index (κ1) is 28.6. The minimum Gasteiger partial charge on any atom is -0.409 e. The summed E-state index contributed by atoms with van der Waals surface area (Å²) in [7, 11) is -4.78. The predicted octanol–water partition coefficient (Wildman–Crippen LogP) is 0.792. The Labute approximate surface area is 217 Å². The molecule has 1 aliphatic rings. The van der Waals surface area contributed by atoms with Crippen molar-refractivity contribution in [3.63, 3.8) is 0 Å². The van der Waals surface area contributed by atoms with Crippen molar-refractivity contribution < 1.29 is 41.5 Å². The summed E-state index contributed by atoms with van der Waals surface area (Å²) in [5.74, 6) is -0.965. The molecular formula is C24H32N3O8SSi+. The third kappa shape index (κ3) is 6.88. The van der Waals surface area contributed by atoms with Crippen LogP contribution in [0.1, 0.15) is 38.3 Å². The molecule has 0 aliphatic carbocycles. The fourth-order valence-electron chi connectivity index (χ4n) is 4.05. The lowest BCUT2D eigenvalue weighted by molar-refractivity contribution is -0.437. The van der Waals surface area contributed by atoms with Crippen LogP contribution in [0.3, 0.4) is 0 Å². The lowest BCUT2D eigenvalue weighted by Crippen LogP contribution is -2.43. The smallest absolute Gasteiger partial charge is 0.361 e. The van der Waals surface area contributed by atoms with E-state index in [9.17, 15) is 32.5 Å². The third-order valence-electron chi connectivity index (χ3n) is 6.18. The number of fused-ring (bicyclic) bond motifs is 1. The van der Waals surface area contributed by atoms with Gasteiger partial charge in [0.15, 0.2) is 0 Å². The molecule has 1 aliphatic heterocycles. The van der Waals surface area contributed by atoms with Crippen LogP contribution in [-0.4, -0.2) is 97.8 Å². The number of aliphatic hydroxyl groups is 1. The molecule has 200 valence electrons. The summed E-state index contributed by atoms with van der Waals surface area (Å²) in [6.45, 7) is 2.09. The van der Waals surface area contributed by atoms with Gasteiger partial charge in [-0.05, 0) is 55.3 Å². The zero-order valence-corrected chi connectivity index (χ0v) is 22.8. The van der Waals surface area contributed by atoms with Gasteiger partial charge in [0.25, 0.3) is 27.8 Å². The number of hydrogen-bond acceptors (Lipinski definition) is 7. The summed E-state index contributed by atoms with van der Waals surface area (Å²) >= 11 is 0. The highest BCUT2D eigenvalue weighted by Gasteiger charge is 2.34. The van der Waals surface area contributed by atoms with Gasteiger partial charge in [-0.15, -0.1) is 0 Å². The number of rotatable bonds is 11. The van der Waals surface area contributed by atoms with Gasteiger partial charge in [-0.25, -0.2) is 4.58 Å². The van der Waals surface area contributed by atoms with E-state index in [-0.39, 0.29) is 23.7 Å². The molecule has 2 aromatic carbocycles. The predicted molar refractivity (Wildman–Crippen MR) is 139 cm³/mol. The number of amides is 2. The molecule has 13 heteroatoms. The van der Waals surface area contributed by atoms with Gasteiger partial charge in [0.1, 0.15) is 18.0 Å². The average molecular weight is 551 g/mol. The van der Waals surface area contributed by atoms with Crippen molar-refractivity contribution in [1.29, 1.82) is 0 Å². The van der Waals surface area contributed by atoms with Crippen LogP contribution < -0.4 is 5.32 Å². The molecule has 3 rings (SSSR count). The fourth-order valence-corrected chi connectivity index (χ4v) is 5.69. The van der Waals surface area contributed by atoms with Crippen molar-refractivity contribution in [2.45, 2.75) is 19.4 Å². The second kappa shape index (κ2) is 11.6. The standard InChI is InChI=1S/C24H31N3O8SSi/c1-17-6-4-7-19(14-17)27(11-12-36(31,32)33)22(25-10-5-13-37(34,16-28)35-3)18-8-9-20-21(15-18)24(30)26(2)23(20)29/h4,6-9,14-15,28,34H,5,10-13,16H2,1-3H3,(H,31,32,33)/p+1. The van der Waals surface area contributed by atoms with Gasteiger partial charge < -0.3 is 14.3 Å². The van der Waals surface area contributed by atoms with Gasteiger partial charge >= 0.3 is 8.56 Å². The van der Waals surface area contributed by atoms with Gasteiger partial charge in [-0.1, -0.05) is 12.1 Å². The number of hydrogen-bond donors (Lipinski definition) is 4. The number of nitrogens with one attached hydrogen (secondary N) is 1. The number of imide groups is 1. The number of carbonyl (C=O) groups excluding carboxylic acids is 2. The van der Waals surface area contributed by atoms with E-state index in [1.165, 1.54) is 14.2 Å². The van der Waals surface area contributed by atoms with Crippen molar-refractivity contribution in [3.05, 3.63) is 64.7 Å². The van der Waals surface area contributed by atoms with Crippen molar-refractivity contribution in [2.75, 3.05) is 39.2 Å². The number of amidine groups is 1. The van der Waals surface area contributed by atoms with Crippen molar-refractivity contribution in [2.24, 2.45) is 0 Å². The van der Waals surface area contributed by atoms with E-state index in [0.29, 0.717) is 30.1 Å². The third-order valence-corrected chi connectivity index (χ3v) is 9.27. The van der Waals surface area contributed by atoms with E-state index >= 15 is 0 Å². The van der Waals surface area contributed by atoms with Gasteiger partial charge in [-0.3, -0.25) is 24.4 Å². The van der Waals surface area contributed by atoms with Crippen LogP contribution >= 0.6 is 0 Å². The highest BCUT2D eigenvalue weighted by Crippen LogP contribution is 2.24. The van der Waals surface area contributed by atoms with Gasteiger partial charge in [0, 0.05) is 14.2 Å². The average Bonchev–Trinajstić information content (AvgIpc) is 3.08. The Bertz CT molecular complexity index is 1330. The molecule has 37 heavy (non-hydrogen) atoms. The monoisotopic (exact) mass is 550 g/mol. The maximum Gasteiger partial charge on any atom is 0.361 e. The molecule has 0 bridgehead atoms. The topological polar surface area (TPSA) is 156 Å². The molecule has 11 nitrogen and oxygen atoms in total. The van der Waals surface area contributed by atoms with Gasteiger partial charge in [-0.2, -0.15) is 8.42 Å². The van der Waals surface area contributed by atoms with E-state index in [1.54, 1.807) is 28.8 Å². The van der Waals surface area contributed by atoms with Crippen molar-refractivity contribution in [3.8, 4) is 0 Å². The molecule has 4 N–H and O–H groups in total. The zero-order chi connectivity index (χ0) is 27.4. The molecule has 1 atom stereocenters.